The Morgan fingerprint density at radius 2 is 1.90 bits per heavy atom. The lowest BCUT2D eigenvalue weighted by Gasteiger charge is -2.10. The van der Waals surface area contributed by atoms with Crippen LogP contribution < -0.4 is 10.5 Å². The maximum absolute atomic E-state index is 5.95. The zero-order valence-electron chi connectivity index (χ0n) is 12.7. The Balaban J connectivity index is 2.21. The molecule has 0 heterocycles. The third-order valence-electron chi connectivity index (χ3n) is 3.46. The fraction of sp³-hybridized carbons (Fsp3) is 0.368. The van der Waals surface area contributed by atoms with Gasteiger partial charge in [0.05, 0.1) is 18.7 Å². The molecule has 0 aromatic heterocycles. The number of hydrogen-bond acceptors (Lipinski definition) is 2. The summed E-state index contributed by atoms with van der Waals surface area (Å²) < 4.78 is 5.95. The molecule has 2 rings (SSSR count). The lowest BCUT2D eigenvalue weighted by Crippen LogP contribution is -2.00. The van der Waals surface area contributed by atoms with Gasteiger partial charge in [0, 0.05) is 5.39 Å². The number of unbranched alkanes of at least 4 members (excludes halogenated alkanes) is 3. The van der Waals surface area contributed by atoms with Gasteiger partial charge in [0.25, 0.3) is 0 Å². The van der Waals surface area contributed by atoms with Gasteiger partial charge in [-0.2, -0.15) is 0 Å². The zero-order chi connectivity index (χ0) is 14.9. The topological polar surface area (TPSA) is 35.2 Å². The second kappa shape index (κ2) is 8.34. The molecule has 21 heavy (non-hydrogen) atoms. The van der Waals surface area contributed by atoms with Crippen LogP contribution in [0, 0.1) is 11.8 Å². The molecule has 2 nitrogen and oxygen atoms in total. The van der Waals surface area contributed by atoms with Crippen LogP contribution in [-0.4, -0.2) is 13.2 Å². The predicted octanol–water partition coefficient (Wildman–Crippen LogP) is 4.11. The van der Waals surface area contributed by atoms with E-state index in [4.69, 9.17) is 10.5 Å². The molecule has 2 N–H and O–H groups in total. The van der Waals surface area contributed by atoms with E-state index in [1.807, 2.05) is 18.2 Å². The van der Waals surface area contributed by atoms with Gasteiger partial charge < -0.3 is 10.5 Å². The summed E-state index contributed by atoms with van der Waals surface area (Å²) in [4.78, 5) is 0. The van der Waals surface area contributed by atoms with Gasteiger partial charge in [-0.05, 0) is 17.9 Å². The third kappa shape index (κ3) is 4.24. The summed E-state index contributed by atoms with van der Waals surface area (Å²) in [5.74, 6) is 6.98. The maximum Gasteiger partial charge on any atom is 0.135 e. The van der Waals surface area contributed by atoms with Crippen LogP contribution in [0.25, 0.3) is 10.8 Å². The SMILES string of the molecule is CCCCCCOc1ccc2ccccc2c1C#CCN. The van der Waals surface area contributed by atoms with E-state index >= 15 is 0 Å². The highest BCUT2D eigenvalue weighted by Gasteiger charge is 2.06. The average Bonchev–Trinajstić information content (AvgIpc) is 2.53. The van der Waals surface area contributed by atoms with Crippen LogP contribution in [0.15, 0.2) is 36.4 Å². The van der Waals surface area contributed by atoms with Crippen molar-refractivity contribution in [3.05, 3.63) is 42.0 Å². The van der Waals surface area contributed by atoms with Crippen molar-refractivity contribution in [1.82, 2.24) is 0 Å². The second-order valence-corrected chi connectivity index (χ2v) is 5.07. The van der Waals surface area contributed by atoms with Gasteiger partial charge in [0.2, 0.25) is 0 Å². The van der Waals surface area contributed by atoms with Gasteiger partial charge in [0.15, 0.2) is 0 Å². The van der Waals surface area contributed by atoms with Crippen molar-refractivity contribution in [3.63, 3.8) is 0 Å². The Bertz CT molecular complexity index is 637. The van der Waals surface area contributed by atoms with Gasteiger partial charge >= 0.3 is 0 Å². The first-order valence-corrected chi connectivity index (χ1v) is 7.70. The van der Waals surface area contributed by atoms with Crippen LogP contribution in [0.2, 0.25) is 0 Å². The fourth-order valence-corrected chi connectivity index (χ4v) is 2.35. The Morgan fingerprint density at radius 1 is 1.05 bits per heavy atom. The molecule has 0 atom stereocenters. The minimum Gasteiger partial charge on any atom is -0.492 e. The highest BCUT2D eigenvalue weighted by Crippen LogP contribution is 2.27. The average molecular weight is 281 g/mol. The molecule has 0 aliphatic carbocycles. The largest absolute Gasteiger partial charge is 0.492 e. The van der Waals surface area contributed by atoms with Crippen LogP contribution in [0.1, 0.15) is 38.2 Å². The smallest absolute Gasteiger partial charge is 0.135 e. The minimum absolute atomic E-state index is 0.360. The highest BCUT2D eigenvalue weighted by molar-refractivity contribution is 5.90. The van der Waals surface area contributed by atoms with Crippen LogP contribution >= 0.6 is 0 Å². The normalized spacial score (nSPS) is 10.2. The molecule has 2 aromatic rings. The van der Waals surface area contributed by atoms with Gasteiger partial charge in [-0.1, -0.05) is 68.4 Å². The minimum atomic E-state index is 0.360. The number of fused-ring (bicyclic) bond motifs is 1. The van der Waals surface area contributed by atoms with Gasteiger partial charge in [0.1, 0.15) is 5.75 Å². The lowest BCUT2D eigenvalue weighted by molar-refractivity contribution is 0.305. The fourth-order valence-electron chi connectivity index (χ4n) is 2.35. The number of nitrogens with two attached hydrogens (primary N) is 1. The molecular formula is C19H23NO. The van der Waals surface area contributed by atoms with Crippen LogP contribution in [0.3, 0.4) is 0 Å². The molecule has 0 saturated heterocycles. The molecule has 0 spiro atoms. The molecule has 0 aliphatic heterocycles. The first-order chi connectivity index (χ1) is 10.4. The molecule has 110 valence electrons. The Morgan fingerprint density at radius 3 is 2.71 bits per heavy atom. The summed E-state index contributed by atoms with van der Waals surface area (Å²) >= 11 is 0. The molecule has 2 heteroatoms. The molecule has 0 amide bonds. The van der Waals surface area contributed by atoms with Crippen LogP contribution in [0.5, 0.6) is 5.75 Å². The molecule has 2 aromatic carbocycles. The maximum atomic E-state index is 5.95. The number of hydrogen-bond donors (Lipinski definition) is 1. The van der Waals surface area contributed by atoms with E-state index in [1.54, 1.807) is 0 Å². The molecule has 0 unspecified atom stereocenters. The van der Waals surface area contributed by atoms with Gasteiger partial charge in [-0.25, -0.2) is 0 Å². The molecule has 0 bridgehead atoms. The van der Waals surface area contributed by atoms with Gasteiger partial charge in [-0.3, -0.25) is 0 Å². The molecule has 0 aliphatic rings. The van der Waals surface area contributed by atoms with Crippen molar-refractivity contribution in [1.29, 1.82) is 0 Å². The van der Waals surface area contributed by atoms with Crippen molar-refractivity contribution in [2.75, 3.05) is 13.2 Å². The summed E-state index contributed by atoms with van der Waals surface area (Å²) in [7, 11) is 0. The highest BCUT2D eigenvalue weighted by atomic mass is 16.5. The van der Waals surface area contributed by atoms with E-state index in [9.17, 15) is 0 Å². The summed E-state index contributed by atoms with van der Waals surface area (Å²) in [6.45, 7) is 3.32. The van der Waals surface area contributed by atoms with Crippen molar-refractivity contribution in [2.24, 2.45) is 5.73 Å². The van der Waals surface area contributed by atoms with Crippen molar-refractivity contribution >= 4 is 10.8 Å². The summed E-state index contributed by atoms with van der Waals surface area (Å²) in [5.41, 5.74) is 6.46. The lowest BCUT2D eigenvalue weighted by atomic mass is 10.0. The third-order valence-corrected chi connectivity index (χ3v) is 3.46. The number of ether oxygens (including phenoxy) is 1. The van der Waals surface area contributed by atoms with E-state index in [0.29, 0.717) is 6.54 Å². The number of benzene rings is 2. The van der Waals surface area contributed by atoms with E-state index in [0.717, 1.165) is 29.7 Å². The van der Waals surface area contributed by atoms with Crippen molar-refractivity contribution < 1.29 is 4.74 Å². The van der Waals surface area contributed by atoms with Crippen molar-refractivity contribution in [2.45, 2.75) is 32.6 Å². The summed E-state index contributed by atoms with van der Waals surface area (Å²) in [6, 6.07) is 12.3. The molecule has 0 radical (unpaired) electrons. The summed E-state index contributed by atoms with van der Waals surface area (Å²) in [5, 5.41) is 2.31. The van der Waals surface area contributed by atoms with Crippen LogP contribution in [-0.2, 0) is 0 Å². The summed E-state index contributed by atoms with van der Waals surface area (Å²) in [6.07, 6.45) is 4.81. The Kier molecular flexibility index (Phi) is 6.12. The van der Waals surface area contributed by atoms with Crippen molar-refractivity contribution in [3.8, 4) is 17.6 Å². The molecule has 0 saturated carbocycles. The van der Waals surface area contributed by atoms with E-state index in [2.05, 4.69) is 37.0 Å². The quantitative estimate of drug-likeness (QED) is 0.639. The van der Waals surface area contributed by atoms with E-state index < -0.39 is 0 Å². The Labute approximate surface area is 127 Å². The predicted molar refractivity (Wildman–Crippen MR) is 89.5 cm³/mol. The monoisotopic (exact) mass is 281 g/mol. The first kappa shape index (κ1) is 15.4. The van der Waals surface area contributed by atoms with Gasteiger partial charge in [-0.15, -0.1) is 0 Å². The molecule has 0 fully saturated rings. The molecular weight excluding hydrogens is 258 g/mol. The van der Waals surface area contributed by atoms with E-state index in [-0.39, 0.29) is 0 Å². The first-order valence-electron chi connectivity index (χ1n) is 7.70. The second-order valence-electron chi connectivity index (χ2n) is 5.07. The number of rotatable bonds is 6. The zero-order valence-corrected chi connectivity index (χ0v) is 12.7. The Hall–Kier alpha value is -1.98. The standard InChI is InChI=1S/C19H23NO/c1-2-3-4-7-15-21-19-13-12-16-9-5-6-10-17(16)18(19)11-8-14-20/h5-6,9-10,12-13H,2-4,7,14-15,20H2,1H3. The van der Waals surface area contributed by atoms with Crippen LogP contribution in [0.4, 0.5) is 0 Å². The van der Waals surface area contributed by atoms with E-state index in [1.165, 1.54) is 24.6 Å².